The highest BCUT2D eigenvalue weighted by Crippen LogP contribution is 2.18. The van der Waals surface area contributed by atoms with Gasteiger partial charge in [0.2, 0.25) is 0 Å². The van der Waals surface area contributed by atoms with Crippen molar-refractivity contribution in [1.82, 2.24) is 9.78 Å². The number of benzene rings is 2. The van der Waals surface area contributed by atoms with E-state index < -0.39 is 14.9 Å². The van der Waals surface area contributed by atoms with Crippen LogP contribution < -0.4 is 4.72 Å². The Morgan fingerprint density at radius 1 is 1.08 bits per heavy atom. The number of anilines is 1. The van der Waals surface area contributed by atoms with Crippen molar-refractivity contribution < 1.29 is 17.7 Å². The number of hydrogen-bond acceptors (Lipinski definition) is 5. The summed E-state index contributed by atoms with van der Waals surface area (Å²) in [4.78, 5) is 9.91. The van der Waals surface area contributed by atoms with Crippen LogP contribution in [0.3, 0.4) is 0 Å². The van der Waals surface area contributed by atoms with Crippen LogP contribution in [0.4, 0.5) is 15.9 Å². The van der Waals surface area contributed by atoms with Crippen LogP contribution in [0.5, 0.6) is 0 Å². The largest absolute Gasteiger partial charge is 0.269 e. The predicted molar refractivity (Wildman–Crippen MR) is 91.6 cm³/mol. The molecule has 1 aromatic heterocycles. The molecule has 0 atom stereocenters. The van der Waals surface area contributed by atoms with E-state index in [0.717, 1.165) is 29.8 Å². The lowest BCUT2D eigenvalue weighted by atomic mass is 10.2. The van der Waals surface area contributed by atoms with Gasteiger partial charge in [-0.2, -0.15) is 5.10 Å². The number of rotatable bonds is 6. The lowest BCUT2D eigenvalue weighted by Crippen LogP contribution is -2.13. The van der Waals surface area contributed by atoms with E-state index in [2.05, 4.69) is 9.82 Å². The Labute approximate surface area is 148 Å². The molecule has 2 aromatic carbocycles. The van der Waals surface area contributed by atoms with E-state index >= 15 is 0 Å². The van der Waals surface area contributed by atoms with Crippen LogP contribution in [-0.4, -0.2) is 23.1 Å². The molecule has 0 amide bonds. The van der Waals surface area contributed by atoms with E-state index in [1.165, 1.54) is 22.9 Å². The molecule has 1 N–H and O–H groups in total. The van der Waals surface area contributed by atoms with Crippen LogP contribution >= 0.6 is 0 Å². The number of halogens is 1. The Morgan fingerprint density at radius 2 is 1.73 bits per heavy atom. The number of aromatic nitrogens is 2. The second-order valence-corrected chi connectivity index (χ2v) is 7.06. The molecule has 0 aliphatic rings. The van der Waals surface area contributed by atoms with Gasteiger partial charge in [-0.05, 0) is 29.8 Å². The van der Waals surface area contributed by atoms with Crippen molar-refractivity contribution in [2.75, 3.05) is 4.72 Å². The number of nitro benzene ring substituents is 1. The topological polar surface area (TPSA) is 107 Å². The van der Waals surface area contributed by atoms with Gasteiger partial charge >= 0.3 is 0 Å². The van der Waals surface area contributed by atoms with E-state index in [1.807, 2.05) is 0 Å². The molecule has 0 spiro atoms. The van der Waals surface area contributed by atoms with Gasteiger partial charge in [0.05, 0.1) is 16.4 Å². The summed E-state index contributed by atoms with van der Waals surface area (Å²) in [7, 11) is -3.92. The fraction of sp³-hybridized carbons (Fsp3) is 0.0625. The van der Waals surface area contributed by atoms with E-state index in [1.54, 1.807) is 18.3 Å². The second-order valence-electron chi connectivity index (χ2n) is 5.38. The Hall–Kier alpha value is -3.27. The lowest BCUT2D eigenvalue weighted by Gasteiger charge is -2.05. The first kappa shape index (κ1) is 17.5. The fourth-order valence-electron chi connectivity index (χ4n) is 2.22. The summed E-state index contributed by atoms with van der Waals surface area (Å²) < 4.78 is 41.4. The Balaban J connectivity index is 1.73. The van der Waals surface area contributed by atoms with Gasteiger partial charge in [-0.1, -0.05) is 12.1 Å². The van der Waals surface area contributed by atoms with Crippen LogP contribution in [0, 0.1) is 15.9 Å². The van der Waals surface area contributed by atoms with Crippen molar-refractivity contribution in [2.24, 2.45) is 0 Å². The molecule has 0 bridgehead atoms. The minimum absolute atomic E-state index is 0.102. The molecule has 26 heavy (non-hydrogen) atoms. The first-order valence-electron chi connectivity index (χ1n) is 7.39. The van der Waals surface area contributed by atoms with Gasteiger partial charge in [0.25, 0.3) is 15.7 Å². The van der Waals surface area contributed by atoms with Gasteiger partial charge in [-0.25, -0.2) is 12.8 Å². The number of hydrogen-bond donors (Lipinski definition) is 1. The molecule has 0 aliphatic carbocycles. The van der Waals surface area contributed by atoms with Gasteiger partial charge in [0.15, 0.2) is 5.82 Å². The summed E-state index contributed by atoms with van der Waals surface area (Å²) in [5.74, 6) is -0.240. The number of nitro groups is 1. The number of nitrogens with one attached hydrogen (secondary N) is 1. The van der Waals surface area contributed by atoms with Gasteiger partial charge in [0, 0.05) is 24.4 Å². The van der Waals surface area contributed by atoms with Gasteiger partial charge in [0.1, 0.15) is 5.82 Å². The maximum Gasteiger partial charge on any atom is 0.269 e. The summed E-state index contributed by atoms with van der Waals surface area (Å²) in [6, 6.07) is 11.9. The quantitative estimate of drug-likeness (QED) is 0.526. The minimum Gasteiger partial charge on any atom is -0.266 e. The summed E-state index contributed by atoms with van der Waals surface area (Å²) in [6.07, 6.45) is 1.58. The minimum atomic E-state index is -3.92. The third-order valence-electron chi connectivity index (χ3n) is 3.50. The summed E-state index contributed by atoms with van der Waals surface area (Å²) in [6.45, 7) is 0.347. The van der Waals surface area contributed by atoms with Crippen molar-refractivity contribution in [3.63, 3.8) is 0 Å². The van der Waals surface area contributed by atoms with E-state index in [4.69, 9.17) is 0 Å². The summed E-state index contributed by atoms with van der Waals surface area (Å²) in [5, 5.41) is 14.7. The molecular formula is C16H13FN4O4S. The third-order valence-corrected chi connectivity index (χ3v) is 4.87. The molecule has 0 unspecified atom stereocenters. The zero-order valence-corrected chi connectivity index (χ0v) is 14.1. The maximum absolute atomic E-state index is 12.9. The van der Waals surface area contributed by atoms with Crippen LogP contribution in [0.2, 0.25) is 0 Å². The van der Waals surface area contributed by atoms with Crippen molar-refractivity contribution >= 4 is 21.5 Å². The first-order valence-corrected chi connectivity index (χ1v) is 8.87. The van der Waals surface area contributed by atoms with Gasteiger partial charge in [-0.3, -0.25) is 19.5 Å². The molecule has 3 aromatic rings. The van der Waals surface area contributed by atoms with Crippen molar-refractivity contribution in [2.45, 2.75) is 11.4 Å². The molecule has 0 fully saturated rings. The highest BCUT2D eigenvalue weighted by atomic mass is 32.2. The van der Waals surface area contributed by atoms with E-state index in [9.17, 15) is 22.9 Å². The first-order chi connectivity index (χ1) is 12.3. The van der Waals surface area contributed by atoms with Crippen LogP contribution in [0.15, 0.2) is 65.7 Å². The van der Waals surface area contributed by atoms with Crippen molar-refractivity contribution in [1.29, 1.82) is 0 Å². The Morgan fingerprint density at radius 3 is 2.35 bits per heavy atom. The van der Waals surface area contributed by atoms with Crippen LogP contribution in [0.25, 0.3) is 0 Å². The fourth-order valence-corrected chi connectivity index (χ4v) is 3.22. The standard InChI is InChI=1S/C16H13FN4O4S/c17-13-3-1-12(2-4-13)11-20-10-9-16(18-20)19-26(24,25)15-7-5-14(6-8-15)21(22)23/h1-10H,11H2,(H,18,19). The van der Waals surface area contributed by atoms with Gasteiger partial charge in [-0.15, -0.1) is 0 Å². The van der Waals surface area contributed by atoms with Crippen molar-refractivity contribution in [3.05, 3.63) is 82.3 Å². The number of sulfonamides is 1. The molecule has 10 heteroatoms. The summed E-state index contributed by atoms with van der Waals surface area (Å²) in [5.41, 5.74) is 0.604. The molecule has 0 saturated heterocycles. The molecule has 3 rings (SSSR count). The Bertz CT molecular complexity index is 1030. The van der Waals surface area contributed by atoms with E-state index in [0.29, 0.717) is 6.54 Å². The highest BCUT2D eigenvalue weighted by molar-refractivity contribution is 7.92. The van der Waals surface area contributed by atoms with E-state index in [-0.39, 0.29) is 22.2 Å². The third kappa shape index (κ3) is 4.03. The average Bonchev–Trinajstić information content (AvgIpc) is 3.03. The molecule has 134 valence electrons. The predicted octanol–water partition coefficient (Wildman–Crippen LogP) is 2.78. The summed E-state index contributed by atoms with van der Waals surface area (Å²) >= 11 is 0. The number of non-ortho nitro benzene ring substituents is 1. The smallest absolute Gasteiger partial charge is 0.266 e. The molecular weight excluding hydrogens is 363 g/mol. The second kappa shape index (κ2) is 6.92. The maximum atomic E-state index is 12.9. The zero-order valence-electron chi connectivity index (χ0n) is 13.2. The highest BCUT2D eigenvalue weighted by Gasteiger charge is 2.17. The average molecular weight is 376 g/mol. The number of nitrogens with zero attached hydrogens (tertiary/aromatic N) is 3. The molecule has 8 nitrogen and oxygen atoms in total. The molecule has 0 saturated carbocycles. The normalized spacial score (nSPS) is 11.3. The van der Waals surface area contributed by atoms with Crippen molar-refractivity contribution in [3.8, 4) is 0 Å². The lowest BCUT2D eigenvalue weighted by molar-refractivity contribution is -0.384. The SMILES string of the molecule is O=[N+]([O-])c1ccc(S(=O)(=O)Nc2ccn(Cc3ccc(F)cc3)n2)cc1. The monoisotopic (exact) mass is 376 g/mol. The van der Waals surface area contributed by atoms with Crippen LogP contribution in [0.1, 0.15) is 5.56 Å². The van der Waals surface area contributed by atoms with Gasteiger partial charge < -0.3 is 0 Å². The molecule has 0 radical (unpaired) electrons. The Kier molecular flexibility index (Phi) is 4.67. The van der Waals surface area contributed by atoms with Crippen LogP contribution in [-0.2, 0) is 16.6 Å². The zero-order chi connectivity index (χ0) is 18.7. The molecule has 1 heterocycles. The molecule has 0 aliphatic heterocycles.